The van der Waals surface area contributed by atoms with E-state index in [0.29, 0.717) is 16.8 Å². The normalized spacial score (nSPS) is 10.2. The van der Waals surface area contributed by atoms with E-state index in [4.69, 9.17) is 10.8 Å². The van der Waals surface area contributed by atoms with Gasteiger partial charge < -0.3 is 21.1 Å². The maximum absolute atomic E-state index is 9.68. The molecular weight excluding hydrogens is 206 g/mol. The van der Waals surface area contributed by atoms with Gasteiger partial charge in [-0.1, -0.05) is 6.07 Å². The highest BCUT2D eigenvalue weighted by Crippen LogP contribution is 2.40. The zero-order valence-electron chi connectivity index (χ0n) is 8.38. The lowest BCUT2D eigenvalue weighted by Crippen LogP contribution is -1.90. The van der Waals surface area contributed by atoms with Crippen LogP contribution >= 0.6 is 0 Å². The number of aromatic hydroxyl groups is 3. The summed E-state index contributed by atoms with van der Waals surface area (Å²) in [6, 6.07) is 8.84. The molecule has 4 heteroatoms. The van der Waals surface area contributed by atoms with Crippen LogP contribution in [-0.4, -0.2) is 15.3 Å². The van der Waals surface area contributed by atoms with Crippen LogP contribution in [0, 0.1) is 0 Å². The van der Waals surface area contributed by atoms with E-state index in [2.05, 4.69) is 0 Å². The molecule has 2 aromatic carbocycles. The summed E-state index contributed by atoms with van der Waals surface area (Å²) in [6.07, 6.45) is 0. The van der Waals surface area contributed by atoms with Crippen molar-refractivity contribution < 1.29 is 15.3 Å². The van der Waals surface area contributed by atoms with Gasteiger partial charge in [-0.25, -0.2) is 0 Å². The van der Waals surface area contributed by atoms with Crippen LogP contribution < -0.4 is 5.73 Å². The first-order chi connectivity index (χ1) is 7.59. The Labute approximate surface area is 92.2 Å². The van der Waals surface area contributed by atoms with Crippen molar-refractivity contribution in [2.45, 2.75) is 0 Å². The van der Waals surface area contributed by atoms with E-state index < -0.39 is 0 Å². The van der Waals surface area contributed by atoms with Gasteiger partial charge in [0.15, 0.2) is 0 Å². The van der Waals surface area contributed by atoms with Crippen molar-refractivity contribution >= 4 is 5.69 Å². The molecule has 0 aromatic heterocycles. The third-order valence-electron chi connectivity index (χ3n) is 2.33. The van der Waals surface area contributed by atoms with Crippen LogP contribution in [0.2, 0.25) is 0 Å². The van der Waals surface area contributed by atoms with Crippen LogP contribution in [0.1, 0.15) is 0 Å². The Morgan fingerprint density at radius 1 is 0.875 bits per heavy atom. The molecule has 0 bridgehead atoms. The van der Waals surface area contributed by atoms with Crippen molar-refractivity contribution in [3.05, 3.63) is 36.4 Å². The summed E-state index contributed by atoms with van der Waals surface area (Å²) in [4.78, 5) is 0. The van der Waals surface area contributed by atoms with Crippen molar-refractivity contribution in [2.24, 2.45) is 0 Å². The van der Waals surface area contributed by atoms with Gasteiger partial charge in [-0.05, 0) is 24.3 Å². The minimum absolute atomic E-state index is 0.0130. The monoisotopic (exact) mass is 217 g/mol. The second kappa shape index (κ2) is 3.66. The molecule has 0 atom stereocenters. The molecule has 82 valence electrons. The average Bonchev–Trinajstić information content (AvgIpc) is 2.20. The number of nitrogens with two attached hydrogens (primary N) is 1. The van der Waals surface area contributed by atoms with Gasteiger partial charge in [-0.2, -0.15) is 0 Å². The van der Waals surface area contributed by atoms with Gasteiger partial charge in [0.25, 0.3) is 0 Å². The Balaban J connectivity index is 2.68. The fourth-order valence-electron chi connectivity index (χ4n) is 1.58. The summed E-state index contributed by atoms with van der Waals surface area (Å²) in [5, 5.41) is 28.5. The standard InChI is InChI=1S/C12H11NO3/c13-9-2-1-3-10(15)12(9)8-5-4-7(14)6-11(8)16/h1-6,14-16H,13H2. The molecule has 16 heavy (non-hydrogen) atoms. The van der Waals surface area contributed by atoms with Crippen LogP contribution in [-0.2, 0) is 0 Å². The maximum atomic E-state index is 9.68. The molecule has 0 radical (unpaired) electrons. The molecule has 5 N–H and O–H groups in total. The summed E-state index contributed by atoms with van der Waals surface area (Å²) >= 11 is 0. The van der Waals surface area contributed by atoms with Crippen molar-refractivity contribution in [1.29, 1.82) is 0 Å². The molecule has 2 aromatic rings. The summed E-state index contributed by atoms with van der Waals surface area (Å²) in [5.41, 5.74) is 6.83. The van der Waals surface area contributed by atoms with Gasteiger partial charge in [0.05, 0.1) is 5.56 Å². The van der Waals surface area contributed by atoms with E-state index in [0.717, 1.165) is 0 Å². The Kier molecular flexibility index (Phi) is 2.32. The molecule has 0 aliphatic rings. The predicted octanol–water partition coefficient (Wildman–Crippen LogP) is 2.05. The number of hydrogen-bond acceptors (Lipinski definition) is 4. The fraction of sp³-hybridized carbons (Fsp3) is 0. The topological polar surface area (TPSA) is 86.7 Å². The molecule has 0 spiro atoms. The molecule has 0 aliphatic carbocycles. The minimum atomic E-state index is -0.131. The molecule has 2 rings (SSSR count). The van der Waals surface area contributed by atoms with Gasteiger partial charge in [0, 0.05) is 17.3 Å². The lowest BCUT2D eigenvalue weighted by molar-refractivity contribution is 0.450. The largest absolute Gasteiger partial charge is 0.508 e. The molecule has 0 unspecified atom stereocenters. The van der Waals surface area contributed by atoms with Crippen molar-refractivity contribution in [3.8, 4) is 28.4 Å². The number of anilines is 1. The Bertz CT molecular complexity index is 518. The second-order valence-corrected chi connectivity index (χ2v) is 3.44. The summed E-state index contributed by atoms with van der Waals surface area (Å²) in [7, 11) is 0. The van der Waals surface area contributed by atoms with Crippen molar-refractivity contribution in [2.75, 3.05) is 5.73 Å². The van der Waals surface area contributed by atoms with Crippen molar-refractivity contribution in [1.82, 2.24) is 0 Å². The second-order valence-electron chi connectivity index (χ2n) is 3.44. The number of benzene rings is 2. The minimum Gasteiger partial charge on any atom is -0.508 e. The predicted molar refractivity (Wildman–Crippen MR) is 61.3 cm³/mol. The number of rotatable bonds is 1. The van der Waals surface area contributed by atoms with E-state index in [9.17, 15) is 10.2 Å². The van der Waals surface area contributed by atoms with E-state index in [1.807, 2.05) is 0 Å². The van der Waals surface area contributed by atoms with E-state index in [1.54, 1.807) is 12.1 Å². The van der Waals surface area contributed by atoms with Crippen LogP contribution in [0.4, 0.5) is 5.69 Å². The van der Waals surface area contributed by atoms with Crippen LogP contribution in [0.15, 0.2) is 36.4 Å². The third kappa shape index (κ3) is 1.61. The third-order valence-corrected chi connectivity index (χ3v) is 2.33. The van der Waals surface area contributed by atoms with Crippen LogP contribution in [0.3, 0.4) is 0 Å². The first-order valence-electron chi connectivity index (χ1n) is 4.69. The molecular formula is C12H11NO3. The van der Waals surface area contributed by atoms with E-state index in [1.165, 1.54) is 24.3 Å². The number of hydrogen-bond donors (Lipinski definition) is 4. The summed E-state index contributed by atoms with van der Waals surface area (Å²) < 4.78 is 0. The smallest absolute Gasteiger partial charge is 0.127 e. The first-order valence-corrected chi connectivity index (χ1v) is 4.69. The Hall–Kier alpha value is -2.36. The maximum Gasteiger partial charge on any atom is 0.127 e. The first kappa shape index (κ1) is 10.2. The number of nitrogen functional groups attached to an aromatic ring is 1. The van der Waals surface area contributed by atoms with Gasteiger partial charge in [-0.15, -0.1) is 0 Å². The Morgan fingerprint density at radius 3 is 2.25 bits per heavy atom. The van der Waals surface area contributed by atoms with Crippen LogP contribution in [0.25, 0.3) is 11.1 Å². The molecule has 0 amide bonds. The summed E-state index contributed by atoms with van der Waals surface area (Å²) in [6.45, 7) is 0. The number of phenolic OH excluding ortho intramolecular Hbond substituents is 3. The molecule has 0 saturated heterocycles. The zero-order valence-corrected chi connectivity index (χ0v) is 8.38. The fourth-order valence-corrected chi connectivity index (χ4v) is 1.58. The van der Waals surface area contributed by atoms with Gasteiger partial charge in [-0.3, -0.25) is 0 Å². The highest BCUT2D eigenvalue weighted by atomic mass is 16.3. The van der Waals surface area contributed by atoms with Gasteiger partial charge in [0.1, 0.15) is 17.2 Å². The highest BCUT2D eigenvalue weighted by Gasteiger charge is 2.12. The average molecular weight is 217 g/mol. The SMILES string of the molecule is Nc1cccc(O)c1-c1ccc(O)cc1O. The lowest BCUT2D eigenvalue weighted by atomic mass is 10.0. The molecule has 0 aliphatic heterocycles. The molecule has 0 saturated carbocycles. The van der Waals surface area contributed by atoms with Crippen LogP contribution in [0.5, 0.6) is 17.2 Å². The van der Waals surface area contributed by atoms with Crippen molar-refractivity contribution in [3.63, 3.8) is 0 Å². The number of phenols is 3. The van der Waals surface area contributed by atoms with Gasteiger partial charge in [0.2, 0.25) is 0 Å². The molecule has 0 heterocycles. The molecule has 0 fully saturated rings. The van der Waals surface area contributed by atoms with Gasteiger partial charge >= 0.3 is 0 Å². The quantitative estimate of drug-likeness (QED) is 0.550. The van der Waals surface area contributed by atoms with E-state index >= 15 is 0 Å². The highest BCUT2D eigenvalue weighted by molar-refractivity contribution is 5.85. The van der Waals surface area contributed by atoms with E-state index in [-0.39, 0.29) is 17.2 Å². The lowest BCUT2D eigenvalue weighted by Gasteiger charge is -2.10. The Morgan fingerprint density at radius 2 is 1.62 bits per heavy atom. The molecule has 4 nitrogen and oxygen atoms in total. The summed E-state index contributed by atoms with van der Waals surface area (Å²) in [5.74, 6) is -0.190. The zero-order chi connectivity index (χ0) is 11.7.